The number of hydrogen-bond acceptors (Lipinski definition) is 6. The second-order valence-electron chi connectivity index (χ2n) is 19.9. The van der Waals surface area contributed by atoms with E-state index >= 15 is 0 Å². The summed E-state index contributed by atoms with van der Waals surface area (Å²) in [4.78, 5) is 38.2. The SMILES string of the molecule is CC/C=C\C/C=C\C/C=C\C/C=C\CCCCCCC(=O)OC(COC(=O)CCCCCCCCC/C=C\C/C=C\C/C=C\CC)COC(=O)CCCCCCCCCCCCCCCCCCCCC. The van der Waals surface area contributed by atoms with E-state index in [1.807, 2.05) is 0 Å². The number of allylic oxidation sites excluding steroid dienone is 14. The van der Waals surface area contributed by atoms with Gasteiger partial charge in [-0.2, -0.15) is 0 Å². The minimum atomic E-state index is -0.794. The summed E-state index contributed by atoms with van der Waals surface area (Å²) in [7, 11) is 0. The van der Waals surface area contributed by atoms with Crippen molar-refractivity contribution in [3.63, 3.8) is 0 Å². The van der Waals surface area contributed by atoms with Gasteiger partial charge in [-0.25, -0.2) is 0 Å². The fourth-order valence-electron chi connectivity index (χ4n) is 8.45. The number of esters is 3. The fourth-order valence-corrected chi connectivity index (χ4v) is 8.45. The van der Waals surface area contributed by atoms with Crippen molar-refractivity contribution in [3.8, 4) is 0 Å². The zero-order valence-corrected chi connectivity index (χ0v) is 46.7. The van der Waals surface area contributed by atoms with Crippen LogP contribution in [0.2, 0.25) is 0 Å². The second-order valence-corrected chi connectivity index (χ2v) is 19.9. The Balaban J connectivity index is 4.41. The van der Waals surface area contributed by atoms with Crippen LogP contribution in [0.5, 0.6) is 0 Å². The Bertz CT molecular complexity index is 1370. The van der Waals surface area contributed by atoms with Crippen LogP contribution in [-0.2, 0) is 28.6 Å². The summed E-state index contributed by atoms with van der Waals surface area (Å²) < 4.78 is 16.9. The Morgan fingerprint density at radius 3 is 0.859 bits per heavy atom. The molecule has 0 radical (unpaired) electrons. The molecule has 0 saturated carbocycles. The van der Waals surface area contributed by atoms with E-state index < -0.39 is 6.10 Å². The average Bonchev–Trinajstić information content (AvgIpc) is 3.37. The van der Waals surface area contributed by atoms with Gasteiger partial charge in [-0.15, -0.1) is 0 Å². The second kappa shape index (κ2) is 59.2. The lowest BCUT2D eigenvalue weighted by Gasteiger charge is -2.18. The standard InChI is InChI=1S/C65H112O6/c1-4-7-10-13-16-19-22-25-28-31-32-35-37-40-43-46-49-52-55-58-64(67)70-61-62(71-65(68)59-56-53-50-47-44-41-38-34-30-27-24-21-18-15-12-9-6-3)60-69-63(66)57-54-51-48-45-42-39-36-33-29-26-23-20-17-14-11-8-5-2/h8-9,11-12,17-18,20-21,26-27,29-30,38,41,62H,4-7,10,13-16,19,22-25,28,31-37,39-40,42-61H2,1-3H3/b11-8-,12-9-,20-17-,21-18-,29-26-,30-27-,41-38-. The number of carbonyl (C=O) groups is 3. The van der Waals surface area contributed by atoms with Crippen molar-refractivity contribution < 1.29 is 28.6 Å². The van der Waals surface area contributed by atoms with E-state index in [2.05, 4.69) is 106 Å². The van der Waals surface area contributed by atoms with Gasteiger partial charge in [0.25, 0.3) is 0 Å². The highest BCUT2D eigenvalue weighted by Gasteiger charge is 2.19. The summed E-state index contributed by atoms with van der Waals surface area (Å²) in [5.41, 5.74) is 0. The monoisotopic (exact) mass is 989 g/mol. The molecule has 0 aliphatic rings. The van der Waals surface area contributed by atoms with Crippen LogP contribution in [0, 0.1) is 0 Å². The summed E-state index contributed by atoms with van der Waals surface area (Å²) in [5, 5.41) is 0. The molecule has 0 heterocycles. The van der Waals surface area contributed by atoms with E-state index in [9.17, 15) is 14.4 Å². The molecule has 0 N–H and O–H groups in total. The van der Waals surface area contributed by atoms with Crippen LogP contribution >= 0.6 is 0 Å². The van der Waals surface area contributed by atoms with Crippen LogP contribution in [0.4, 0.5) is 0 Å². The first-order valence-electron chi connectivity index (χ1n) is 30.1. The number of ether oxygens (including phenoxy) is 3. The predicted molar refractivity (Wildman–Crippen MR) is 307 cm³/mol. The van der Waals surface area contributed by atoms with Gasteiger partial charge >= 0.3 is 17.9 Å². The lowest BCUT2D eigenvalue weighted by molar-refractivity contribution is -0.167. The van der Waals surface area contributed by atoms with E-state index in [4.69, 9.17) is 14.2 Å². The Morgan fingerprint density at radius 1 is 0.296 bits per heavy atom. The minimum Gasteiger partial charge on any atom is -0.462 e. The highest BCUT2D eigenvalue weighted by molar-refractivity contribution is 5.71. The van der Waals surface area contributed by atoms with Gasteiger partial charge < -0.3 is 14.2 Å². The molecule has 0 aromatic rings. The number of rotatable bonds is 54. The molecule has 6 nitrogen and oxygen atoms in total. The quantitative estimate of drug-likeness (QED) is 0.0261. The van der Waals surface area contributed by atoms with Crippen molar-refractivity contribution in [2.45, 2.75) is 297 Å². The van der Waals surface area contributed by atoms with Crippen molar-refractivity contribution in [2.75, 3.05) is 13.2 Å². The first-order chi connectivity index (χ1) is 35.0. The summed E-state index contributed by atoms with van der Waals surface area (Å²) >= 11 is 0. The maximum Gasteiger partial charge on any atom is 0.306 e. The van der Waals surface area contributed by atoms with Gasteiger partial charge in [0, 0.05) is 19.3 Å². The van der Waals surface area contributed by atoms with Crippen LogP contribution in [0.1, 0.15) is 290 Å². The Morgan fingerprint density at radius 2 is 0.549 bits per heavy atom. The minimum absolute atomic E-state index is 0.0877. The van der Waals surface area contributed by atoms with Gasteiger partial charge in [-0.3, -0.25) is 14.4 Å². The molecule has 408 valence electrons. The highest BCUT2D eigenvalue weighted by atomic mass is 16.6. The number of unbranched alkanes of at least 4 members (excludes halogenated alkanes) is 29. The molecule has 0 fully saturated rings. The molecule has 71 heavy (non-hydrogen) atoms. The first kappa shape index (κ1) is 67.6. The number of hydrogen-bond donors (Lipinski definition) is 0. The first-order valence-corrected chi connectivity index (χ1v) is 30.1. The third-order valence-electron chi connectivity index (χ3n) is 12.9. The molecule has 0 aliphatic carbocycles. The fraction of sp³-hybridized carbons (Fsp3) is 0.738. The molecule has 0 bridgehead atoms. The van der Waals surface area contributed by atoms with Gasteiger partial charge in [-0.05, 0) is 89.9 Å². The summed E-state index contributed by atoms with van der Waals surface area (Å²) in [5.74, 6) is -0.911. The Kier molecular flexibility index (Phi) is 56.3. The van der Waals surface area contributed by atoms with Gasteiger partial charge in [0.1, 0.15) is 13.2 Å². The van der Waals surface area contributed by atoms with Crippen LogP contribution < -0.4 is 0 Å². The lowest BCUT2D eigenvalue weighted by atomic mass is 10.0. The van der Waals surface area contributed by atoms with Crippen molar-refractivity contribution in [1.29, 1.82) is 0 Å². The molecule has 1 atom stereocenters. The van der Waals surface area contributed by atoms with Gasteiger partial charge in [0.2, 0.25) is 0 Å². The van der Waals surface area contributed by atoms with Crippen LogP contribution in [-0.4, -0.2) is 37.2 Å². The Hall–Kier alpha value is -3.41. The molecule has 0 aromatic carbocycles. The molecule has 1 unspecified atom stereocenters. The Labute approximate surface area is 439 Å². The van der Waals surface area contributed by atoms with Crippen LogP contribution in [0.25, 0.3) is 0 Å². The molecule has 0 spiro atoms. The maximum atomic E-state index is 12.9. The molecular weight excluding hydrogens is 877 g/mol. The van der Waals surface area contributed by atoms with E-state index in [0.717, 1.165) is 122 Å². The zero-order chi connectivity index (χ0) is 51.4. The van der Waals surface area contributed by atoms with Gasteiger partial charge in [0.05, 0.1) is 0 Å². The average molecular weight is 990 g/mol. The zero-order valence-electron chi connectivity index (χ0n) is 46.7. The van der Waals surface area contributed by atoms with Crippen molar-refractivity contribution >= 4 is 17.9 Å². The summed E-state index contributed by atoms with van der Waals surface area (Å²) in [6, 6.07) is 0. The predicted octanol–water partition coefficient (Wildman–Crippen LogP) is 20.3. The van der Waals surface area contributed by atoms with E-state index in [-0.39, 0.29) is 31.1 Å². The third kappa shape index (κ3) is 57.4. The normalized spacial score (nSPS) is 12.7. The van der Waals surface area contributed by atoms with Gasteiger partial charge in [-0.1, -0.05) is 266 Å². The molecule has 0 rings (SSSR count). The highest BCUT2D eigenvalue weighted by Crippen LogP contribution is 2.16. The summed E-state index contributed by atoms with van der Waals surface area (Å²) in [6.07, 6.45) is 77.2. The van der Waals surface area contributed by atoms with E-state index in [1.54, 1.807) is 0 Å². The van der Waals surface area contributed by atoms with Crippen LogP contribution in [0.3, 0.4) is 0 Å². The van der Waals surface area contributed by atoms with Crippen molar-refractivity contribution in [2.24, 2.45) is 0 Å². The largest absolute Gasteiger partial charge is 0.462 e. The molecule has 0 saturated heterocycles. The molecular formula is C65H112O6. The van der Waals surface area contributed by atoms with E-state index in [0.29, 0.717) is 19.3 Å². The molecule has 6 heteroatoms. The smallest absolute Gasteiger partial charge is 0.306 e. The molecule has 0 aromatic heterocycles. The number of carbonyl (C=O) groups excluding carboxylic acids is 3. The lowest BCUT2D eigenvalue weighted by Crippen LogP contribution is -2.30. The molecule has 0 amide bonds. The topological polar surface area (TPSA) is 78.9 Å². The summed E-state index contributed by atoms with van der Waals surface area (Å²) in [6.45, 7) is 6.42. The van der Waals surface area contributed by atoms with Crippen LogP contribution in [0.15, 0.2) is 85.1 Å². The maximum absolute atomic E-state index is 12.9. The van der Waals surface area contributed by atoms with Crippen molar-refractivity contribution in [3.05, 3.63) is 85.1 Å². The van der Waals surface area contributed by atoms with Crippen molar-refractivity contribution in [1.82, 2.24) is 0 Å². The molecule has 0 aliphatic heterocycles. The van der Waals surface area contributed by atoms with Gasteiger partial charge in [0.15, 0.2) is 6.10 Å². The van der Waals surface area contributed by atoms with E-state index in [1.165, 1.54) is 128 Å². The third-order valence-corrected chi connectivity index (χ3v) is 12.9.